The Balaban J connectivity index is 6.88. The van der Waals surface area contributed by atoms with Gasteiger partial charge in [-0.05, 0) is 0 Å². The fraction of sp³-hybridized carbons (Fsp3) is 0.667. The predicted molar refractivity (Wildman–Crippen MR) is 83.3 cm³/mol. The highest BCUT2D eigenvalue weighted by Gasteiger charge is 2.60. The second kappa shape index (κ2) is 8.48. The predicted octanol–water partition coefficient (Wildman–Crippen LogP) is 0.708. The normalized spacial score (nSPS) is 13.3. The van der Waals surface area contributed by atoms with E-state index in [2.05, 4.69) is 0 Å². The summed E-state index contributed by atoms with van der Waals surface area (Å²) in [5.74, 6) is -14.2. The molecule has 0 aliphatic heterocycles. The van der Waals surface area contributed by atoms with Crippen LogP contribution in [0.4, 0.5) is 26.3 Å². The zero-order valence-corrected chi connectivity index (χ0v) is 17.0. The van der Waals surface area contributed by atoms with E-state index < -0.39 is 75.1 Å². The van der Waals surface area contributed by atoms with E-state index in [1.165, 1.54) is 0 Å². The summed E-state index contributed by atoms with van der Waals surface area (Å²) in [6.45, 7) is 3.07. The molecule has 174 valence electrons. The highest BCUT2D eigenvalue weighted by Crippen LogP contribution is 2.31. The van der Waals surface area contributed by atoms with Crippen molar-refractivity contribution in [3.8, 4) is 0 Å². The van der Waals surface area contributed by atoms with Gasteiger partial charge in [-0.25, -0.2) is 0 Å². The lowest BCUT2D eigenvalue weighted by Crippen LogP contribution is -2.58. The number of carbonyl (C=O) groups is 4. The maximum Gasteiger partial charge on any atom is 0.517 e. The Morgan fingerprint density at radius 2 is 0.800 bits per heavy atom. The minimum absolute atomic E-state index is 0.766. The van der Waals surface area contributed by atoms with E-state index in [0.717, 1.165) is 27.7 Å². The number of nitrogens with zero attached hydrogens (tertiary/aromatic N) is 2. The van der Waals surface area contributed by atoms with Crippen molar-refractivity contribution in [2.24, 2.45) is 11.8 Å². The van der Waals surface area contributed by atoms with Gasteiger partial charge in [0.25, 0.3) is 0 Å². The van der Waals surface area contributed by atoms with Gasteiger partial charge in [0.15, 0.2) is 0 Å². The molecule has 0 aliphatic rings. The molecule has 10 nitrogen and oxygen atoms in total. The molecule has 4 amide bonds. The number of halogens is 6. The Morgan fingerprint density at radius 3 is 0.933 bits per heavy atom. The van der Waals surface area contributed by atoms with Gasteiger partial charge in [-0.1, -0.05) is 27.7 Å². The molecule has 0 saturated heterocycles. The van der Waals surface area contributed by atoms with Gasteiger partial charge in [0.1, 0.15) is 0 Å². The summed E-state index contributed by atoms with van der Waals surface area (Å²) in [6.07, 6.45) is 0. The molecule has 0 saturated carbocycles. The molecule has 0 aromatic carbocycles. The topological polar surface area (TPSA) is 143 Å². The third-order valence-corrected chi connectivity index (χ3v) is 5.83. The molecule has 0 N–H and O–H groups in total. The van der Waals surface area contributed by atoms with Gasteiger partial charge >= 0.3 is 42.9 Å². The zero-order valence-electron chi connectivity index (χ0n) is 15.4. The smallest absolute Gasteiger partial charge is 0.273 e. The number of hydrogen-bond acceptors (Lipinski definition) is 8. The summed E-state index contributed by atoms with van der Waals surface area (Å²) in [5.41, 5.74) is -12.8. The summed E-state index contributed by atoms with van der Waals surface area (Å²) >= 11 is 0. The molecule has 0 heterocycles. The second-order valence-electron chi connectivity index (χ2n) is 6.03. The van der Waals surface area contributed by atoms with E-state index in [1.807, 2.05) is 0 Å². The van der Waals surface area contributed by atoms with Gasteiger partial charge in [0.05, 0.1) is 0 Å². The lowest BCUT2D eigenvalue weighted by atomic mass is 10.2. The van der Waals surface area contributed by atoms with E-state index in [1.54, 1.807) is 0 Å². The molecule has 0 unspecified atom stereocenters. The average Bonchev–Trinajstić information content (AvgIpc) is 2.51. The molecule has 0 aromatic heterocycles. The quantitative estimate of drug-likeness (QED) is 0.412. The average molecular weight is 492 g/mol. The van der Waals surface area contributed by atoms with Gasteiger partial charge in [-0.3, -0.25) is 19.2 Å². The third kappa shape index (κ3) is 5.08. The first-order valence-electron chi connectivity index (χ1n) is 7.42. The van der Waals surface area contributed by atoms with Crippen molar-refractivity contribution < 1.29 is 62.4 Å². The largest absolute Gasteiger partial charge is 0.517 e. The van der Waals surface area contributed by atoms with Gasteiger partial charge in [-0.15, -0.1) is 0 Å². The van der Waals surface area contributed by atoms with Crippen LogP contribution in [0.1, 0.15) is 27.7 Å². The first kappa shape index (κ1) is 27.8. The molecule has 0 bridgehead atoms. The van der Waals surface area contributed by atoms with Crippen molar-refractivity contribution in [2.45, 2.75) is 38.7 Å². The van der Waals surface area contributed by atoms with Crippen molar-refractivity contribution in [3.05, 3.63) is 0 Å². The Labute approximate surface area is 165 Å². The number of carbonyl (C=O) groups excluding carboxylic acids is 4. The number of sulfonamides is 2. The third-order valence-electron chi connectivity index (χ3n) is 3.01. The number of amides is 4. The summed E-state index contributed by atoms with van der Waals surface area (Å²) < 4.78 is 120. The van der Waals surface area contributed by atoms with Gasteiger partial charge in [-0.2, -0.15) is 51.8 Å². The molecule has 0 atom stereocenters. The zero-order chi connectivity index (χ0) is 24.6. The van der Waals surface area contributed by atoms with Gasteiger partial charge in [0.2, 0.25) is 11.8 Å². The molecule has 0 fully saturated rings. The number of rotatable bonds is 4. The minimum atomic E-state index is -6.99. The fourth-order valence-corrected chi connectivity index (χ4v) is 3.41. The summed E-state index contributed by atoms with van der Waals surface area (Å²) in [5, 5.41) is 0. The SMILES string of the molecule is CC(C)C(=O)N(C(=O)C(=O)N(C(=O)C(C)C)S(=O)(=O)C(F)(F)F)S(=O)(=O)C(F)(F)F. The van der Waals surface area contributed by atoms with E-state index in [0.29, 0.717) is 0 Å². The maximum absolute atomic E-state index is 12.8. The molecule has 0 aliphatic carbocycles. The van der Waals surface area contributed by atoms with Crippen LogP contribution < -0.4 is 0 Å². The second-order valence-corrected chi connectivity index (χ2v) is 9.58. The summed E-state index contributed by atoms with van der Waals surface area (Å²) in [6, 6.07) is 0. The fourth-order valence-electron chi connectivity index (χ4n) is 1.51. The van der Waals surface area contributed by atoms with Crippen LogP contribution in [0.3, 0.4) is 0 Å². The molecule has 0 radical (unpaired) electrons. The summed E-state index contributed by atoms with van der Waals surface area (Å²) in [4.78, 5) is 47.9. The van der Waals surface area contributed by atoms with Crippen LogP contribution in [0.5, 0.6) is 0 Å². The molecular formula is C12H14F6N2O8S2. The van der Waals surface area contributed by atoms with Gasteiger partial charge in [0, 0.05) is 11.8 Å². The summed E-state index contributed by atoms with van der Waals surface area (Å²) in [7, 11) is -14.0. The van der Waals surface area contributed by atoms with Crippen LogP contribution in [0.15, 0.2) is 0 Å². The van der Waals surface area contributed by atoms with Crippen LogP contribution in [-0.4, -0.2) is 60.1 Å². The molecule has 18 heteroatoms. The Kier molecular flexibility index (Phi) is 7.85. The molecule has 0 spiro atoms. The first-order valence-corrected chi connectivity index (χ1v) is 10.3. The number of hydrogen-bond donors (Lipinski definition) is 0. The monoisotopic (exact) mass is 492 g/mol. The van der Waals surface area contributed by atoms with E-state index >= 15 is 0 Å². The van der Waals surface area contributed by atoms with Crippen molar-refractivity contribution in [2.75, 3.05) is 0 Å². The van der Waals surface area contributed by atoms with Crippen molar-refractivity contribution in [1.82, 2.24) is 8.61 Å². The van der Waals surface area contributed by atoms with Crippen LogP contribution >= 0.6 is 0 Å². The lowest BCUT2D eigenvalue weighted by Gasteiger charge is -2.26. The molecule has 0 rings (SSSR count). The Hall–Kier alpha value is -2.24. The van der Waals surface area contributed by atoms with E-state index in [4.69, 9.17) is 0 Å². The molecule has 0 aromatic rings. The highest BCUT2D eigenvalue weighted by molar-refractivity contribution is 7.91. The van der Waals surface area contributed by atoms with Crippen LogP contribution in [0.25, 0.3) is 0 Å². The Bertz CT molecular complexity index is 872. The maximum atomic E-state index is 12.8. The first-order chi connectivity index (χ1) is 13.0. The Morgan fingerprint density at radius 1 is 0.600 bits per heavy atom. The van der Waals surface area contributed by atoms with Gasteiger partial charge < -0.3 is 0 Å². The highest BCUT2D eigenvalue weighted by atomic mass is 32.2. The van der Waals surface area contributed by atoms with Crippen molar-refractivity contribution >= 4 is 43.7 Å². The minimum Gasteiger partial charge on any atom is -0.273 e. The lowest BCUT2D eigenvalue weighted by molar-refractivity contribution is -0.156. The van der Waals surface area contributed by atoms with Crippen molar-refractivity contribution in [1.29, 1.82) is 0 Å². The number of alkyl halides is 6. The number of imide groups is 2. The van der Waals surface area contributed by atoms with Crippen LogP contribution in [0, 0.1) is 11.8 Å². The van der Waals surface area contributed by atoms with Crippen LogP contribution in [0.2, 0.25) is 0 Å². The van der Waals surface area contributed by atoms with Crippen molar-refractivity contribution in [3.63, 3.8) is 0 Å². The van der Waals surface area contributed by atoms with Crippen LogP contribution in [-0.2, 0) is 39.2 Å². The van der Waals surface area contributed by atoms with E-state index in [-0.39, 0.29) is 0 Å². The molecular weight excluding hydrogens is 478 g/mol. The standard InChI is InChI=1S/C12H14F6N2O8S2/c1-5(2)7(21)19(29(25,26)11(13,14)15)9(23)10(24)20(8(22)6(3)4)30(27,28)12(16,17)18/h5-6H,1-4H3. The molecule has 30 heavy (non-hydrogen) atoms. The van der Waals surface area contributed by atoms with E-state index in [9.17, 15) is 62.4 Å².